The van der Waals surface area contributed by atoms with Crippen molar-refractivity contribution in [1.29, 1.82) is 0 Å². The number of aromatic nitrogens is 3. The Morgan fingerprint density at radius 1 is 1.00 bits per heavy atom. The summed E-state index contributed by atoms with van der Waals surface area (Å²) < 4.78 is 0. The second kappa shape index (κ2) is 12.4. The summed E-state index contributed by atoms with van der Waals surface area (Å²) in [5.74, 6) is 7.86. The zero-order valence-electron chi connectivity index (χ0n) is 23.1. The van der Waals surface area contributed by atoms with Gasteiger partial charge in [0, 0.05) is 55.6 Å². The molecule has 7 nitrogen and oxygen atoms in total. The highest BCUT2D eigenvalue weighted by Crippen LogP contribution is 2.27. The lowest BCUT2D eigenvalue weighted by Gasteiger charge is -2.37. The van der Waals surface area contributed by atoms with E-state index in [4.69, 9.17) is 5.73 Å². The highest BCUT2D eigenvalue weighted by Gasteiger charge is 2.25. The molecule has 1 aliphatic heterocycles. The summed E-state index contributed by atoms with van der Waals surface area (Å²) in [5.41, 5.74) is 11.6. The maximum Gasteiger partial charge on any atom is 0.254 e. The molecule has 2 N–H and O–H groups in total. The monoisotopic (exact) mass is 522 g/mol. The molecule has 3 aromatic rings. The molecule has 0 unspecified atom stereocenters. The number of nitrogens with two attached hydrogens (primary N) is 1. The van der Waals surface area contributed by atoms with Gasteiger partial charge in [0.05, 0.1) is 17.0 Å². The number of hydrogen-bond acceptors (Lipinski definition) is 6. The predicted octanol–water partition coefficient (Wildman–Crippen LogP) is 4.73. The average Bonchev–Trinajstić information content (AvgIpc) is 2.97. The van der Waals surface area contributed by atoms with Gasteiger partial charge >= 0.3 is 0 Å². The first-order chi connectivity index (χ1) is 19.0. The SMILES string of the molecule is CCc1ncnc(-c2ccc(C(=O)N3CCN(CC4CCCCC4)CC3)c(C)c2)c1C#Cc1ccc(N)nc1. The van der Waals surface area contributed by atoms with E-state index in [-0.39, 0.29) is 5.91 Å². The molecule has 1 saturated heterocycles. The summed E-state index contributed by atoms with van der Waals surface area (Å²) >= 11 is 0. The van der Waals surface area contributed by atoms with E-state index in [0.29, 0.717) is 5.82 Å². The maximum absolute atomic E-state index is 13.5. The Labute approximate surface area is 231 Å². The van der Waals surface area contributed by atoms with E-state index < -0.39 is 0 Å². The Morgan fingerprint density at radius 3 is 2.49 bits per heavy atom. The van der Waals surface area contributed by atoms with Gasteiger partial charge in [-0.05, 0) is 61.9 Å². The largest absolute Gasteiger partial charge is 0.384 e. The van der Waals surface area contributed by atoms with Gasteiger partial charge in [-0.3, -0.25) is 9.69 Å². The van der Waals surface area contributed by atoms with Crippen LogP contribution in [0.25, 0.3) is 11.3 Å². The van der Waals surface area contributed by atoms with E-state index in [1.54, 1.807) is 18.6 Å². The zero-order chi connectivity index (χ0) is 27.2. The van der Waals surface area contributed by atoms with Gasteiger partial charge in [0.2, 0.25) is 0 Å². The molecule has 0 spiro atoms. The minimum atomic E-state index is 0.115. The average molecular weight is 523 g/mol. The molecule has 7 heteroatoms. The summed E-state index contributed by atoms with van der Waals surface area (Å²) in [6.45, 7) is 8.76. The third-order valence-electron chi connectivity index (χ3n) is 8.01. The fraction of sp³-hybridized carbons (Fsp3) is 0.438. The van der Waals surface area contributed by atoms with Crippen LogP contribution >= 0.6 is 0 Å². The number of carbonyl (C=O) groups is 1. The first-order valence-corrected chi connectivity index (χ1v) is 14.2. The quantitative estimate of drug-likeness (QED) is 0.488. The number of carbonyl (C=O) groups excluding carboxylic acids is 1. The van der Waals surface area contributed by atoms with Crippen LogP contribution in [0.3, 0.4) is 0 Å². The topological polar surface area (TPSA) is 88.2 Å². The molecule has 202 valence electrons. The first-order valence-electron chi connectivity index (χ1n) is 14.2. The highest BCUT2D eigenvalue weighted by atomic mass is 16.2. The van der Waals surface area contributed by atoms with Crippen LogP contribution in [-0.4, -0.2) is 63.4 Å². The Bertz CT molecular complexity index is 1360. The third-order valence-corrected chi connectivity index (χ3v) is 8.01. The van der Waals surface area contributed by atoms with E-state index in [1.165, 1.54) is 38.6 Å². The molecule has 39 heavy (non-hydrogen) atoms. The van der Waals surface area contributed by atoms with Crippen molar-refractivity contribution >= 4 is 11.7 Å². The van der Waals surface area contributed by atoms with Crippen molar-refractivity contribution in [2.45, 2.75) is 52.4 Å². The summed E-state index contributed by atoms with van der Waals surface area (Å²) in [6.07, 6.45) is 10.9. The summed E-state index contributed by atoms with van der Waals surface area (Å²) in [4.78, 5) is 31.2. The van der Waals surface area contributed by atoms with Crippen molar-refractivity contribution in [1.82, 2.24) is 24.8 Å². The molecule has 0 bridgehead atoms. The van der Waals surface area contributed by atoms with Crippen LogP contribution in [0.2, 0.25) is 0 Å². The standard InChI is InChI=1S/C32H38N6O/c1-3-29-28(12-9-24-10-14-30(33)34-20-24)31(36-22-35-29)26-11-13-27(23(2)19-26)32(39)38-17-15-37(16-18-38)21-25-7-5-4-6-8-25/h10-11,13-14,19-20,22,25H,3-8,15-18,21H2,1-2H3,(H2,33,34). The van der Waals surface area contributed by atoms with E-state index in [1.807, 2.05) is 36.1 Å². The summed E-state index contributed by atoms with van der Waals surface area (Å²) in [6, 6.07) is 9.56. The van der Waals surface area contributed by atoms with Gasteiger partial charge in [-0.2, -0.15) is 0 Å². The number of amides is 1. The van der Waals surface area contributed by atoms with Crippen molar-refractivity contribution < 1.29 is 4.79 Å². The molecule has 3 heterocycles. The Morgan fingerprint density at radius 2 is 1.79 bits per heavy atom. The van der Waals surface area contributed by atoms with E-state index in [2.05, 4.69) is 38.6 Å². The number of benzene rings is 1. The minimum Gasteiger partial charge on any atom is -0.384 e. The Balaban J connectivity index is 1.31. The molecule has 0 atom stereocenters. The van der Waals surface area contributed by atoms with E-state index >= 15 is 0 Å². The molecule has 2 fully saturated rings. The van der Waals surface area contributed by atoms with Gasteiger partial charge < -0.3 is 10.6 Å². The smallest absolute Gasteiger partial charge is 0.254 e. The van der Waals surface area contributed by atoms with Crippen molar-refractivity contribution in [3.63, 3.8) is 0 Å². The Hall–Kier alpha value is -3.76. The Kier molecular flexibility index (Phi) is 8.53. The minimum absolute atomic E-state index is 0.115. The van der Waals surface area contributed by atoms with Crippen LogP contribution < -0.4 is 5.73 Å². The number of nitrogens with zero attached hydrogens (tertiary/aromatic N) is 5. The molecular formula is C32H38N6O. The van der Waals surface area contributed by atoms with Crippen LogP contribution in [0, 0.1) is 24.7 Å². The number of hydrogen-bond donors (Lipinski definition) is 1. The van der Waals surface area contributed by atoms with Gasteiger partial charge in [-0.15, -0.1) is 0 Å². The molecular weight excluding hydrogens is 484 g/mol. The van der Waals surface area contributed by atoms with Crippen molar-refractivity contribution in [3.8, 4) is 23.1 Å². The van der Waals surface area contributed by atoms with Crippen molar-refractivity contribution in [2.24, 2.45) is 5.92 Å². The molecule has 2 aromatic heterocycles. The van der Waals surface area contributed by atoms with Gasteiger partial charge in [0.15, 0.2) is 0 Å². The highest BCUT2D eigenvalue weighted by molar-refractivity contribution is 5.96. The predicted molar refractivity (Wildman–Crippen MR) is 155 cm³/mol. The number of aryl methyl sites for hydroxylation is 2. The molecule has 1 amide bonds. The summed E-state index contributed by atoms with van der Waals surface area (Å²) in [5, 5.41) is 0. The fourth-order valence-electron chi connectivity index (χ4n) is 5.74. The second-order valence-corrected chi connectivity index (χ2v) is 10.7. The summed E-state index contributed by atoms with van der Waals surface area (Å²) in [7, 11) is 0. The van der Waals surface area contributed by atoms with Gasteiger partial charge in [-0.25, -0.2) is 15.0 Å². The number of anilines is 1. The third kappa shape index (κ3) is 6.46. The molecule has 1 saturated carbocycles. The maximum atomic E-state index is 13.5. The molecule has 5 rings (SSSR count). The zero-order valence-corrected chi connectivity index (χ0v) is 23.1. The van der Waals surface area contributed by atoms with Crippen LogP contribution in [0.4, 0.5) is 5.82 Å². The number of pyridine rings is 1. The number of piperazine rings is 1. The van der Waals surface area contributed by atoms with Crippen LogP contribution in [0.15, 0.2) is 42.9 Å². The normalized spacial score (nSPS) is 16.5. The van der Waals surface area contributed by atoms with Gasteiger partial charge in [-0.1, -0.05) is 44.1 Å². The lowest BCUT2D eigenvalue weighted by molar-refractivity contribution is 0.0605. The molecule has 1 aliphatic carbocycles. The van der Waals surface area contributed by atoms with Crippen LogP contribution in [-0.2, 0) is 6.42 Å². The second-order valence-electron chi connectivity index (χ2n) is 10.7. The van der Waals surface area contributed by atoms with Crippen LogP contribution in [0.5, 0.6) is 0 Å². The fourth-order valence-corrected chi connectivity index (χ4v) is 5.74. The van der Waals surface area contributed by atoms with Crippen LogP contribution in [0.1, 0.15) is 71.8 Å². The lowest BCUT2D eigenvalue weighted by atomic mass is 9.89. The van der Waals surface area contributed by atoms with Crippen molar-refractivity contribution in [3.05, 3.63) is 70.8 Å². The van der Waals surface area contributed by atoms with Crippen molar-refractivity contribution in [2.75, 3.05) is 38.5 Å². The number of nitrogen functional groups attached to an aromatic ring is 1. The lowest BCUT2D eigenvalue weighted by Crippen LogP contribution is -2.50. The molecule has 1 aromatic carbocycles. The van der Waals surface area contributed by atoms with E-state index in [9.17, 15) is 4.79 Å². The molecule has 0 radical (unpaired) electrons. The van der Waals surface area contributed by atoms with Gasteiger partial charge in [0.1, 0.15) is 12.1 Å². The van der Waals surface area contributed by atoms with E-state index in [0.717, 1.165) is 77.7 Å². The first kappa shape index (κ1) is 26.8. The van der Waals surface area contributed by atoms with Gasteiger partial charge in [0.25, 0.3) is 5.91 Å². The molecule has 2 aliphatic rings. The number of rotatable bonds is 5.